The minimum Gasteiger partial charge on any atom is -0.356 e. The highest BCUT2D eigenvalue weighted by Crippen LogP contribution is 2.30. The van der Waals surface area contributed by atoms with Gasteiger partial charge in [0, 0.05) is 19.0 Å². The van der Waals surface area contributed by atoms with E-state index in [1.54, 1.807) is 0 Å². The molecule has 3 nitrogen and oxygen atoms in total. The minimum atomic E-state index is 0.244. The lowest BCUT2D eigenvalue weighted by molar-refractivity contribution is -0.122. The molecule has 0 bridgehead atoms. The summed E-state index contributed by atoms with van der Waals surface area (Å²) in [7, 11) is 0. The van der Waals surface area contributed by atoms with Crippen LogP contribution in [0, 0.1) is 17.8 Å². The van der Waals surface area contributed by atoms with E-state index < -0.39 is 0 Å². The van der Waals surface area contributed by atoms with E-state index in [-0.39, 0.29) is 5.91 Å². The quantitative estimate of drug-likeness (QED) is 0.807. The smallest absolute Gasteiger partial charge is 0.220 e. The lowest BCUT2D eigenvalue weighted by Crippen LogP contribution is -2.34. The van der Waals surface area contributed by atoms with Crippen LogP contribution in [0.2, 0.25) is 0 Å². The molecule has 2 fully saturated rings. The maximum absolute atomic E-state index is 11.9. The van der Waals surface area contributed by atoms with Crippen LogP contribution in [0.3, 0.4) is 0 Å². The van der Waals surface area contributed by atoms with Gasteiger partial charge in [-0.25, -0.2) is 0 Å². The first kappa shape index (κ1) is 13.9. The van der Waals surface area contributed by atoms with Crippen LogP contribution in [-0.2, 0) is 4.79 Å². The van der Waals surface area contributed by atoms with E-state index >= 15 is 0 Å². The zero-order valence-corrected chi connectivity index (χ0v) is 11.7. The van der Waals surface area contributed by atoms with E-state index in [4.69, 9.17) is 5.73 Å². The summed E-state index contributed by atoms with van der Waals surface area (Å²) in [5, 5.41) is 3.14. The van der Waals surface area contributed by atoms with Gasteiger partial charge < -0.3 is 11.1 Å². The molecule has 2 rings (SSSR count). The third-order valence-electron chi connectivity index (χ3n) is 4.90. The molecule has 0 saturated heterocycles. The first-order valence-corrected chi connectivity index (χ1v) is 7.67. The Morgan fingerprint density at radius 1 is 1.22 bits per heavy atom. The van der Waals surface area contributed by atoms with Gasteiger partial charge in [-0.2, -0.15) is 0 Å². The molecule has 3 heteroatoms. The Kier molecular flexibility index (Phi) is 5.04. The molecule has 4 atom stereocenters. The molecule has 0 heterocycles. The molecule has 0 spiro atoms. The normalized spacial score (nSPS) is 36.6. The van der Waals surface area contributed by atoms with Gasteiger partial charge in [-0.05, 0) is 43.4 Å². The Morgan fingerprint density at radius 3 is 2.67 bits per heavy atom. The highest BCUT2D eigenvalue weighted by molar-refractivity contribution is 5.76. The van der Waals surface area contributed by atoms with E-state index in [0.717, 1.165) is 25.3 Å². The van der Waals surface area contributed by atoms with Crippen molar-refractivity contribution < 1.29 is 4.79 Å². The van der Waals surface area contributed by atoms with Gasteiger partial charge in [0.1, 0.15) is 0 Å². The second kappa shape index (κ2) is 6.55. The summed E-state index contributed by atoms with van der Waals surface area (Å²) in [4.78, 5) is 11.9. The third-order valence-corrected chi connectivity index (χ3v) is 4.90. The standard InChI is InChI=1S/C15H28N2O/c1-11-4-2-6-13(11)10-17-15(18)9-12-5-3-7-14(16)8-12/h11-14H,2-10,16H2,1H3,(H,17,18). The molecule has 0 radical (unpaired) electrons. The SMILES string of the molecule is CC1CCCC1CNC(=O)CC1CCCC(N)C1. The highest BCUT2D eigenvalue weighted by atomic mass is 16.1. The van der Waals surface area contributed by atoms with Gasteiger partial charge in [0.15, 0.2) is 0 Å². The van der Waals surface area contributed by atoms with Crippen molar-refractivity contribution in [1.82, 2.24) is 5.32 Å². The van der Waals surface area contributed by atoms with Crippen LogP contribution >= 0.6 is 0 Å². The van der Waals surface area contributed by atoms with Crippen LogP contribution in [0.25, 0.3) is 0 Å². The molecule has 2 saturated carbocycles. The van der Waals surface area contributed by atoms with Crippen molar-refractivity contribution >= 4 is 5.91 Å². The van der Waals surface area contributed by atoms with E-state index in [1.165, 1.54) is 32.1 Å². The van der Waals surface area contributed by atoms with Gasteiger partial charge in [-0.15, -0.1) is 0 Å². The number of hydrogen-bond donors (Lipinski definition) is 2. The fourth-order valence-electron chi connectivity index (χ4n) is 3.62. The maximum Gasteiger partial charge on any atom is 0.220 e. The Labute approximate surface area is 111 Å². The van der Waals surface area contributed by atoms with Crippen molar-refractivity contribution in [3.63, 3.8) is 0 Å². The third kappa shape index (κ3) is 3.98. The summed E-state index contributed by atoms with van der Waals surface area (Å²) in [6, 6.07) is 0.325. The van der Waals surface area contributed by atoms with Crippen LogP contribution < -0.4 is 11.1 Å². The number of hydrogen-bond acceptors (Lipinski definition) is 2. The second-order valence-corrected chi connectivity index (χ2v) is 6.47. The Morgan fingerprint density at radius 2 is 2.00 bits per heavy atom. The van der Waals surface area contributed by atoms with Crippen molar-refractivity contribution in [2.24, 2.45) is 23.5 Å². The summed E-state index contributed by atoms with van der Waals surface area (Å²) < 4.78 is 0. The largest absolute Gasteiger partial charge is 0.356 e. The van der Waals surface area contributed by atoms with Crippen molar-refractivity contribution in [3.05, 3.63) is 0 Å². The van der Waals surface area contributed by atoms with Crippen LogP contribution in [0.5, 0.6) is 0 Å². The predicted octanol–water partition coefficient (Wildman–Crippen LogP) is 2.45. The van der Waals surface area contributed by atoms with Crippen molar-refractivity contribution in [1.29, 1.82) is 0 Å². The van der Waals surface area contributed by atoms with Gasteiger partial charge in [-0.1, -0.05) is 26.2 Å². The molecule has 3 N–H and O–H groups in total. The molecular formula is C15H28N2O. The van der Waals surface area contributed by atoms with E-state index in [1.807, 2.05) is 0 Å². The van der Waals surface area contributed by atoms with E-state index in [2.05, 4.69) is 12.2 Å². The molecule has 0 aromatic carbocycles. The lowest BCUT2D eigenvalue weighted by Gasteiger charge is -2.26. The maximum atomic E-state index is 11.9. The van der Waals surface area contributed by atoms with Gasteiger partial charge >= 0.3 is 0 Å². The van der Waals surface area contributed by atoms with Crippen LogP contribution in [0.15, 0.2) is 0 Å². The van der Waals surface area contributed by atoms with Crippen LogP contribution in [-0.4, -0.2) is 18.5 Å². The highest BCUT2D eigenvalue weighted by Gasteiger charge is 2.25. The first-order chi connectivity index (χ1) is 8.65. The number of amides is 1. The molecule has 18 heavy (non-hydrogen) atoms. The molecule has 2 aliphatic carbocycles. The molecule has 0 aromatic heterocycles. The summed E-state index contributed by atoms with van der Waals surface area (Å²) in [6.07, 6.45) is 9.19. The summed E-state index contributed by atoms with van der Waals surface area (Å²) in [5.41, 5.74) is 5.96. The zero-order chi connectivity index (χ0) is 13.0. The molecule has 2 aliphatic rings. The average molecular weight is 252 g/mol. The fourth-order valence-corrected chi connectivity index (χ4v) is 3.62. The molecule has 104 valence electrons. The lowest BCUT2D eigenvalue weighted by atomic mass is 9.84. The molecule has 0 aliphatic heterocycles. The summed E-state index contributed by atoms with van der Waals surface area (Å²) in [5.74, 6) is 2.26. The number of carbonyl (C=O) groups excluding carboxylic acids is 1. The molecule has 0 aromatic rings. The Hall–Kier alpha value is -0.570. The number of carbonyl (C=O) groups is 1. The van der Waals surface area contributed by atoms with Crippen molar-refractivity contribution in [2.45, 2.75) is 64.3 Å². The first-order valence-electron chi connectivity index (χ1n) is 7.67. The van der Waals surface area contributed by atoms with Gasteiger partial charge in [0.25, 0.3) is 0 Å². The van der Waals surface area contributed by atoms with Crippen LogP contribution in [0.4, 0.5) is 0 Å². The minimum absolute atomic E-state index is 0.244. The van der Waals surface area contributed by atoms with Crippen molar-refractivity contribution in [2.75, 3.05) is 6.54 Å². The summed E-state index contributed by atoms with van der Waals surface area (Å²) >= 11 is 0. The van der Waals surface area contributed by atoms with Crippen molar-refractivity contribution in [3.8, 4) is 0 Å². The number of rotatable bonds is 4. The van der Waals surface area contributed by atoms with E-state index in [0.29, 0.717) is 24.3 Å². The molecular weight excluding hydrogens is 224 g/mol. The van der Waals surface area contributed by atoms with Gasteiger partial charge in [0.2, 0.25) is 5.91 Å². The van der Waals surface area contributed by atoms with Gasteiger partial charge in [0.05, 0.1) is 0 Å². The Balaban J connectivity index is 1.65. The monoisotopic (exact) mass is 252 g/mol. The average Bonchev–Trinajstić information content (AvgIpc) is 2.72. The fraction of sp³-hybridized carbons (Fsp3) is 0.933. The molecule has 4 unspecified atom stereocenters. The summed E-state index contributed by atoms with van der Waals surface area (Å²) in [6.45, 7) is 3.20. The number of nitrogens with one attached hydrogen (secondary N) is 1. The predicted molar refractivity (Wildman–Crippen MR) is 74.1 cm³/mol. The molecule has 1 amide bonds. The topological polar surface area (TPSA) is 55.1 Å². The zero-order valence-electron chi connectivity index (χ0n) is 11.7. The number of nitrogens with two attached hydrogens (primary N) is 1. The van der Waals surface area contributed by atoms with Gasteiger partial charge in [-0.3, -0.25) is 4.79 Å². The van der Waals surface area contributed by atoms with E-state index in [9.17, 15) is 4.79 Å². The van der Waals surface area contributed by atoms with Crippen LogP contribution in [0.1, 0.15) is 58.3 Å². The Bertz CT molecular complexity index is 280. The second-order valence-electron chi connectivity index (χ2n) is 6.47.